The third-order valence-corrected chi connectivity index (χ3v) is 6.57. The monoisotopic (exact) mass is 479 g/mol. The molecule has 8 nitrogen and oxygen atoms in total. The maximum atomic E-state index is 13.8. The molecule has 0 spiro atoms. The zero-order valence-electron chi connectivity index (χ0n) is 20.7. The topological polar surface area (TPSA) is 112 Å². The molecule has 1 aliphatic heterocycles. The van der Waals surface area contributed by atoms with Crippen molar-refractivity contribution >= 4 is 28.7 Å². The predicted octanol–water partition coefficient (Wildman–Crippen LogP) is 3.67. The summed E-state index contributed by atoms with van der Waals surface area (Å²) >= 11 is 0. The number of nitrogens with one attached hydrogen (secondary N) is 1. The molecule has 8 heteroatoms. The zero-order valence-corrected chi connectivity index (χ0v) is 20.7. The van der Waals surface area contributed by atoms with Gasteiger partial charge in [-0.15, -0.1) is 0 Å². The average Bonchev–Trinajstić information content (AvgIpc) is 2.78. The van der Waals surface area contributed by atoms with Crippen LogP contribution in [0.5, 0.6) is 0 Å². The van der Waals surface area contributed by atoms with Crippen LogP contribution >= 0.6 is 0 Å². The van der Waals surface area contributed by atoms with Crippen LogP contribution in [0.2, 0.25) is 0 Å². The Morgan fingerprint density at radius 1 is 1.17 bits per heavy atom. The first-order chi connectivity index (χ1) is 16.5. The lowest BCUT2D eigenvalue weighted by Gasteiger charge is -2.38. The molecule has 0 unspecified atom stereocenters. The summed E-state index contributed by atoms with van der Waals surface area (Å²) in [7, 11) is 1.23. The van der Waals surface area contributed by atoms with Crippen molar-refractivity contribution in [3.8, 4) is 0 Å². The predicted molar refractivity (Wildman–Crippen MR) is 128 cm³/mol. The molecule has 0 amide bonds. The van der Waals surface area contributed by atoms with Gasteiger partial charge in [-0.1, -0.05) is 18.6 Å². The van der Waals surface area contributed by atoms with E-state index >= 15 is 0 Å². The van der Waals surface area contributed by atoms with E-state index in [1.165, 1.54) is 13.4 Å². The van der Waals surface area contributed by atoms with Gasteiger partial charge in [0, 0.05) is 22.5 Å². The van der Waals surface area contributed by atoms with E-state index in [1.54, 1.807) is 39.8 Å². The van der Waals surface area contributed by atoms with Gasteiger partial charge in [0.05, 0.1) is 36.4 Å². The summed E-state index contributed by atoms with van der Waals surface area (Å²) in [5.74, 6) is -4.19. The van der Waals surface area contributed by atoms with Crippen LogP contribution in [-0.2, 0) is 23.9 Å². The summed E-state index contributed by atoms with van der Waals surface area (Å²) in [6.45, 7) is 8.81. The number of benzene rings is 1. The highest BCUT2D eigenvalue weighted by atomic mass is 16.5. The minimum Gasteiger partial charge on any atom is -0.468 e. The van der Waals surface area contributed by atoms with Gasteiger partial charge in [0.15, 0.2) is 11.2 Å². The van der Waals surface area contributed by atoms with E-state index in [2.05, 4.69) is 5.32 Å². The quantitative estimate of drug-likeness (QED) is 0.522. The lowest BCUT2D eigenvalue weighted by molar-refractivity contribution is -0.151. The Hall–Kier alpha value is -3.68. The number of aryl methyl sites for hydroxylation is 1. The molecule has 2 aromatic rings. The number of Topliss-reactive ketones (excluding diaryl/α,β-unsaturated/α-hetero) is 1. The molecule has 3 atom stereocenters. The van der Waals surface area contributed by atoms with Gasteiger partial charge in [0.2, 0.25) is 0 Å². The molecule has 1 N–H and O–H groups in total. The highest BCUT2D eigenvalue weighted by Gasteiger charge is 2.48. The molecule has 0 radical (unpaired) electrons. The van der Waals surface area contributed by atoms with Crippen LogP contribution in [0, 0.1) is 18.8 Å². The third kappa shape index (κ3) is 4.17. The molecule has 0 saturated carbocycles. The summed E-state index contributed by atoms with van der Waals surface area (Å²) in [5.41, 5.74) is 2.45. The molecule has 2 aliphatic rings. The third-order valence-electron chi connectivity index (χ3n) is 6.57. The van der Waals surface area contributed by atoms with Crippen LogP contribution in [0.3, 0.4) is 0 Å². The summed E-state index contributed by atoms with van der Waals surface area (Å²) in [4.78, 5) is 53.3. The number of hydrogen-bond acceptors (Lipinski definition) is 8. The van der Waals surface area contributed by atoms with Gasteiger partial charge in [-0.25, -0.2) is 4.79 Å². The van der Waals surface area contributed by atoms with E-state index < -0.39 is 35.7 Å². The minimum atomic E-state index is -1.05. The number of carbonyl (C=O) groups is 3. The van der Waals surface area contributed by atoms with E-state index in [0.29, 0.717) is 28.8 Å². The Labute approximate surface area is 203 Å². The van der Waals surface area contributed by atoms with Gasteiger partial charge in [0.1, 0.15) is 11.5 Å². The van der Waals surface area contributed by atoms with E-state index in [9.17, 15) is 19.2 Å². The Bertz CT molecular complexity index is 1360. The molecule has 1 aromatic heterocycles. The number of rotatable bonds is 4. The zero-order chi connectivity index (χ0) is 25.6. The molecule has 0 saturated heterocycles. The fraction of sp³-hybridized carbons (Fsp3) is 0.407. The molecule has 1 aliphatic carbocycles. The Morgan fingerprint density at radius 3 is 2.54 bits per heavy atom. The largest absolute Gasteiger partial charge is 0.468 e. The molecule has 184 valence electrons. The molecular weight excluding hydrogens is 450 g/mol. The lowest BCUT2D eigenvalue weighted by atomic mass is 9.69. The summed E-state index contributed by atoms with van der Waals surface area (Å²) < 4.78 is 16.2. The van der Waals surface area contributed by atoms with Crippen molar-refractivity contribution < 1.29 is 28.3 Å². The van der Waals surface area contributed by atoms with Gasteiger partial charge in [-0.2, -0.15) is 0 Å². The number of esters is 2. The summed E-state index contributed by atoms with van der Waals surface area (Å²) in [5, 5.41) is 3.53. The first-order valence-electron chi connectivity index (χ1n) is 11.6. The Morgan fingerprint density at radius 2 is 1.89 bits per heavy atom. The van der Waals surface area contributed by atoms with Crippen molar-refractivity contribution in [2.24, 2.45) is 11.8 Å². The van der Waals surface area contributed by atoms with Crippen LogP contribution in [0.25, 0.3) is 11.0 Å². The fourth-order valence-corrected chi connectivity index (χ4v) is 5.00. The molecule has 0 bridgehead atoms. The van der Waals surface area contributed by atoms with Gasteiger partial charge in [0.25, 0.3) is 0 Å². The van der Waals surface area contributed by atoms with Crippen LogP contribution in [0.4, 0.5) is 0 Å². The number of hydrogen-bond donors (Lipinski definition) is 1. The van der Waals surface area contributed by atoms with Crippen LogP contribution < -0.4 is 10.7 Å². The van der Waals surface area contributed by atoms with E-state index in [4.69, 9.17) is 13.9 Å². The smallest absolute Gasteiger partial charge is 0.337 e. The normalized spacial score (nSPS) is 22.3. The second-order valence-electron chi connectivity index (χ2n) is 9.51. The number of allylic oxidation sites excluding steroid dienone is 3. The summed E-state index contributed by atoms with van der Waals surface area (Å²) in [6.07, 6.45) is 1.26. The van der Waals surface area contributed by atoms with Gasteiger partial charge in [-0.05, 0) is 52.2 Å². The number of ketones is 1. The standard InChI is InChI=1S/C27H29NO7/c1-12(2)35-27(32)21-15(5)28-18-10-14(4)20(26(31)33-6)25(30)23(18)22(21)17-11-34-19-8-7-13(3)9-16(19)24(17)29/h7-9,11-12,14,20,22,28H,10H2,1-6H3/t14-,20+,22+/m1/s1. The van der Waals surface area contributed by atoms with E-state index in [0.717, 1.165) is 5.56 Å². The number of fused-ring (bicyclic) bond motifs is 1. The highest BCUT2D eigenvalue weighted by Crippen LogP contribution is 2.45. The summed E-state index contributed by atoms with van der Waals surface area (Å²) in [6, 6.07) is 5.25. The van der Waals surface area contributed by atoms with E-state index in [1.807, 2.05) is 13.0 Å². The number of methoxy groups -OCH3 is 1. The van der Waals surface area contributed by atoms with Crippen molar-refractivity contribution in [2.75, 3.05) is 7.11 Å². The Kier molecular flexibility index (Phi) is 6.40. The average molecular weight is 480 g/mol. The Balaban J connectivity index is 1.98. The van der Waals surface area contributed by atoms with Crippen molar-refractivity contribution in [1.82, 2.24) is 5.32 Å². The second-order valence-corrected chi connectivity index (χ2v) is 9.51. The maximum Gasteiger partial charge on any atom is 0.337 e. The van der Waals surface area contributed by atoms with Crippen LogP contribution in [-0.4, -0.2) is 30.9 Å². The molecular formula is C27H29NO7. The number of ether oxygens (including phenoxy) is 2. The van der Waals surface area contributed by atoms with Crippen molar-refractivity contribution in [1.29, 1.82) is 0 Å². The minimum absolute atomic E-state index is 0.138. The first kappa shape index (κ1) is 24.4. The van der Waals surface area contributed by atoms with Gasteiger partial charge in [-0.3, -0.25) is 14.4 Å². The number of dihydropyridines is 1. The van der Waals surface area contributed by atoms with Crippen LogP contribution in [0.15, 0.2) is 56.2 Å². The first-order valence-corrected chi connectivity index (χ1v) is 11.6. The van der Waals surface area contributed by atoms with Crippen molar-refractivity contribution in [3.05, 3.63) is 68.4 Å². The molecule has 1 aromatic carbocycles. The molecule has 0 fully saturated rings. The highest BCUT2D eigenvalue weighted by molar-refractivity contribution is 6.12. The van der Waals surface area contributed by atoms with E-state index in [-0.39, 0.29) is 28.1 Å². The van der Waals surface area contributed by atoms with Gasteiger partial charge >= 0.3 is 11.9 Å². The molecule has 35 heavy (non-hydrogen) atoms. The molecule has 2 heterocycles. The molecule has 4 rings (SSSR count). The van der Waals surface area contributed by atoms with Crippen molar-refractivity contribution in [2.45, 2.75) is 53.1 Å². The SMILES string of the molecule is COC(=O)[C@@H]1C(=O)C2=C(C[C@H]1C)NC(C)=C(C(=O)OC(C)C)[C@@H]2c1coc2ccc(C)cc2c1=O. The second kappa shape index (κ2) is 9.17. The number of carbonyl (C=O) groups excluding carboxylic acids is 3. The van der Waals surface area contributed by atoms with Crippen LogP contribution in [0.1, 0.15) is 51.2 Å². The van der Waals surface area contributed by atoms with Crippen molar-refractivity contribution in [3.63, 3.8) is 0 Å². The van der Waals surface area contributed by atoms with Gasteiger partial charge < -0.3 is 19.2 Å². The lowest BCUT2D eigenvalue weighted by Crippen LogP contribution is -2.44. The maximum absolute atomic E-state index is 13.8. The fourth-order valence-electron chi connectivity index (χ4n) is 5.00.